The first kappa shape index (κ1) is 13.2. The number of urea groups is 1. The Morgan fingerprint density at radius 2 is 2.17 bits per heavy atom. The van der Waals surface area contributed by atoms with Gasteiger partial charge in [-0.3, -0.25) is 4.79 Å². The highest BCUT2D eigenvalue weighted by atomic mass is 35.5. The van der Waals surface area contributed by atoms with Gasteiger partial charge in [0, 0.05) is 10.3 Å². The van der Waals surface area contributed by atoms with E-state index in [0.717, 1.165) is 4.90 Å². The topological polar surface area (TPSA) is 49.4 Å². The molecular formula is C12H13ClN2O2S. The lowest BCUT2D eigenvalue weighted by molar-refractivity contribution is -0.118. The minimum atomic E-state index is -0.480. The molecule has 1 N–H and O–H groups in total. The fourth-order valence-corrected chi connectivity index (χ4v) is 2.45. The van der Waals surface area contributed by atoms with Gasteiger partial charge in [0.15, 0.2) is 0 Å². The molecule has 1 aromatic carbocycles. The summed E-state index contributed by atoms with van der Waals surface area (Å²) >= 11 is 7.41. The Hall–Kier alpha value is -1.20. The number of rotatable bonds is 3. The highest BCUT2D eigenvalue weighted by Gasteiger charge is 2.41. The molecular weight excluding hydrogens is 272 g/mol. The molecule has 1 heterocycles. The van der Waals surface area contributed by atoms with Gasteiger partial charge in [0.05, 0.1) is 5.69 Å². The van der Waals surface area contributed by atoms with Gasteiger partial charge in [-0.1, -0.05) is 24.6 Å². The molecule has 1 fully saturated rings. The molecule has 0 radical (unpaired) electrons. The van der Waals surface area contributed by atoms with Crippen LogP contribution in [-0.4, -0.2) is 29.5 Å². The maximum Gasteiger partial charge on any atom is 0.329 e. The zero-order valence-corrected chi connectivity index (χ0v) is 11.6. The van der Waals surface area contributed by atoms with E-state index in [4.69, 9.17) is 11.6 Å². The smallest absolute Gasteiger partial charge is 0.324 e. The van der Waals surface area contributed by atoms with Crippen molar-refractivity contribution in [2.45, 2.75) is 18.2 Å². The minimum absolute atomic E-state index is 0.0330. The Morgan fingerprint density at radius 3 is 2.78 bits per heavy atom. The van der Waals surface area contributed by atoms with E-state index in [1.807, 2.05) is 13.2 Å². The van der Waals surface area contributed by atoms with Gasteiger partial charge in [-0.15, -0.1) is 0 Å². The molecule has 2 unspecified atom stereocenters. The number of nitrogens with one attached hydrogen (secondary N) is 1. The van der Waals surface area contributed by atoms with E-state index in [0.29, 0.717) is 10.7 Å². The van der Waals surface area contributed by atoms with Crippen LogP contribution in [0.1, 0.15) is 6.92 Å². The summed E-state index contributed by atoms with van der Waals surface area (Å²) in [5, 5.41) is 3.22. The van der Waals surface area contributed by atoms with Crippen molar-refractivity contribution in [2.24, 2.45) is 0 Å². The normalized spacial score (nSPS) is 21.1. The molecule has 0 saturated carbocycles. The van der Waals surface area contributed by atoms with Gasteiger partial charge in [-0.05, 0) is 24.5 Å². The summed E-state index contributed by atoms with van der Waals surface area (Å²) in [6.07, 6.45) is 1.91. The lowest BCUT2D eigenvalue weighted by Crippen LogP contribution is -2.37. The monoisotopic (exact) mass is 284 g/mol. The maximum absolute atomic E-state index is 12.2. The molecule has 2 atom stereocenters. The zero-order chi connectivity index (χ0) is 13.3. The first-order valence-corrected chi connectivity index (χ1v) is 7.14. The van der Waals surface area contributed by atoms with Crippen LogP contribution in [0.25, 0.3) is 0 Å². The molecule has 3 amide bonds. The van der Waals surface area contributed by atoms with E-state index in [1.165, 1.54) is 11.8 Å². The number of carbonyl (C=O) groups is 2. The Kier molecular flexibility index (Phi) is 3.82. The molecule has 2 rings (SSSR count). The van der Waals surface area contributed by atoms with Gasteiger partial charge in [0.2, 0.25) is 0 Å². The van der Waals surface area contributed by atoms with E-state index < -0.39 is 12.1 Å². The number of anilines is 1. The summed E-state index contributed by atoms with van der Waals surface area (Å²) in [5.74, 6) is -0.232. The molecule has 6 heteroatoms. The van der Waals surface area contributed by atoms with Crippen LogP contribution in [0.2, 0.25) is 5.02 Å². The first-order valence-electron chi connectivity index (χ1n) is 5.47. The molecule has 1 aliphatic rings. The summed E-state index contributed by atoms with van der Waals surface area (Å²) < 4.78 is 0. The van der Waals surface area contributed by atoms with Gasteiger partial charge in [0.25, 0.3) is 5.91 Å². The zero-order valence-electron chi connectivity index (χ0n) is 10.0. The third-order valence-electron chi connectivity index (χ3n) is 2.88. The first-order chi connectivity index (χ1) is 8.54. The predicted octanol–water partition coefficient (Wildman–Crippen LogP) is 2.52. The molecule has 1 aromatic rings. The van der Waals surface area contributed by atoms with Gasteiger partial charge in [-0.2, -0.15) is 11.8 Å². The predicted molar refractivity (Wildman–Crippen MR) is 74.2 cm³/mol. The van der Waals surface area contributed by atoms with Gasteiger partial charge < -0.3 is 5.32 Å². The fraction of sp³-hybridized carbons (Fsp3) is 0.333. The fourth-order valence-electron chi connectivity index (χ4n) is 1.81. The molecule has 1 saturated heterocycles. The van der Waals surface area contributed by atoms with Crippen molar-refractivity contribution in [2.75, 3.05) is 11.2 Å². The largest absolute Gasteiger partial charge is 0.329 e. The van der Waals surface area contributed by atoms with Crippen molar-refractivity contribution in [1.82, 2.24) is 5.32 Å². The number of hydrogen-bond acceptors (Lipinski definition) is 3. The molecule has 18 heavy (non-hydrogen) atoms. The van der Waals surface area contributed by atoms with Crippen LogP contribution >= 0.6 is 23.4 Å². The summed E-state index contributed by atoms with van der Waals surface area (Å²) in [7, 11) is 0. The number of nitrogens with zero attached hydrogens (tertiary/aromatic N) is 1. The number of amides is 3. The highest BCUT2D eigenvalue weighted by Crippen LogP contribution is 2.25. The lowest BCUT2D eigenvalue weighted by atomic mass is 10.2. The van der Waals surface area contributed by atoms with Crippen LogP contribution in [0, 0.1) is 0 Å². The van der Waals surface area contributed by atoms with E-state index in [1.54, 1.807) is 24.3 Å². The maximum atomic E-state index is 12.2. The van der Waals surface area contributed by atoms with Crippen molar-refractivity contribution in [3.8, 4) is 0 Å². The molecule has 0 aliphatic carbocycles. The second-order valence-electron chi connectivity index (χ2n) is 4.02. The van der Waals surface area contributed by atoms with E-state index in [-0.39, 0.29) is 11.2 Å². The van der Waals surface area contributed by atoms with E-state index >= 15 is 0 Å². The number of thioether (sulfide) groups is 1. The summed E-state index contributed by atoms with van der Waals surface area (Å²) in [6.45, 7) is 1.91. The summed E-state index contributed by atoms with van der Waals surface area (Å²) in [6, 6.07) is 5.83. The number of hydrogen-bond donors (Lipinski definition) is 1. The van der Waals surface area contributed by atoms with E-state index in [9.17, 15) is 9.59 Å². The summed E-state index contributed by atoms with van der Waals surface area (Å²) in [4.78, 5) is 25.2. The quantitative estimate of drug-likeness (QED) is 0.868. The number of halogens is 1. The lowest BCUT2D eigenvalue weighted by Gasteiger charge is -2.15. The molecule has 4 nitrogen and oxygen atoms in total. The van der Waals surface area contributed by atoms with Crippen LogP contribution in [0.4, 0.5) is 10.5 Å². The van der Waals surface area contributed by atoms with Gasteiger partial charge in [-0.25, -0.2) is 9.69 Å². The number of carbonyl (C=O) groups excluding carboxylic acids is 2. The molecule has 0 spiro atoms. The second-order valence-corrected chi connectivity index (χ2v) is 5.67. The average Bonchev–Trinajstić information content (AvgIpc) is 2.64. The van der Waals surface area contributed by atoms with Crippen LogP contribution in [0.15, 0.2) is 24.3 Å². The standard InChI is InChI=1S/C12H13ClN2O2S/c1-7(18-2)10-11(16)15(12(17)14-10)9-5-3-4-8(13)6-9/h3-7,10H,1-2H3,(H,14,17). The van der Waals surface area contributed by atoms with Crippen molar-refractivity contribution in [1.29, 1.82) is 0 Å². The van der Waals surface area contributed by atoms with Gasteiger partial charge in [0.1, 0.15) is 6.04 Å². The third-order valence-corrected chi connectivity index (χ3v) is 4.13. The van der Waals surface area contributed by atoms with Crippen molar-refractivity contribution < 1.29 is 9.59 Å². The molecule has 0 aromatic heterocycles. The molecule has 1 aliphatic heterocycles. The Balaban J connectivity index is 2.30. The third kappa shape index (κ3) is 2.33. The Morgan fingerprint density at radius 1 is 1.44 bits per heavy atom. The van der Waals surface area contributed by atoms with Crippen LogP contribution in [-0.2, 0) is 4.79 Å². The summed E-state index contributed by atoms with van der Waals surface area (Å²) in [5.41, 5.74) is 0.501. The Labute approximate surface area is 115 Å². The number of imide groups is 1. The van der Waals surface area contributed by atoms with E-state index in [2.05, 4.69) is 5.32 Å². The highest BCUT2D eigenvalue weighted by molar-refractivity contribution is 7.99. The van der Waals surface area contributed by atoms with Crippen molar-refractivity contribution in [3.63, 3.8) is 0 Å². The van der Waals surface area contributed by atoms with Crippen LogP contribution in [0.3, 0.4) is 0 Å². The van der Waals surface area contributed by atoms with Crippen LogP contribution < -0.4 is 10.2 Å². The minimum Gasteiger partial charge on any atom is -0.324 e. The SMILES string of the molecule is CSC(C)C1NC(=O)N(c2cccc(Cl)c2)C1=O. The van der Waals surface area contributed by atoms with Crippen molar-refractivity contribution in [3.05, 3.63) is 29.3 Å². The van der Waals surface area contributed by atoms with Gasteiger partial charge >= 0.3 is 6.03 Å². The van der Waals surface area contributed by atoms with Crippen LogP contribution in [0.5, 0.6) is 0 Å². The van der Waals surface area contributed by atoms with Crippen molar-refractivity contribution >= 4 is 41.0 Å². The molecule has 0 bridgehead atoms. The second kappa shape index (κ2) is 5.20. The Bertz CT molecular complexity index is 495. The number of benzene rings is 1. The molecule has 96 valence electrons. The average molecular weight is 285 g/mol.